The first kappa shape index (κ1) is 11.4. The van der Waals surface area contributed by atoms with Crippen LogP contribution in [0, 0.1) is 6.92 Å². The Bertz CT molecular complexity index is 295. The van der Waals surface area contributed by atoms with Crippen molar-refractivity contribution in [3.63, 3.8) is 0 Å². The summed E-state index contributed by atoms with van der Waals surface area (Å²) in [4.78, 5) is 0. The Morgan fingerprint density at radius 1 is 1.29 bits per heavy atom. The van der Waals surface area contributed by atoms with Crippen LogP contribution < -0.4 is 5.73 Å². The molecule has 78 valence electrons. The van der Waals surface area contributed by atoms with E-state index in [1.165, 1.54) is 5.56 Å². The average Bonchev–Trinajstić information content (AvgIpc) is 2.18. The third-order valence-electron chi connectivity index (χ3n) is 2.02. The largest absolute Gasteiger partial charge is 0.330 e. The molecule has 0 aromatic heterocycles. The van der Waals surface area contributed by atoms with Gasteiger partial charge in [0.2, 0.25) is 0 Å². The van der Waals surface area contributed by atoms with E-state index >= 15 is 0 Å². The Labute approximate surface area is 88.0 Å². The fourth-order valence-electron chi connectivity index (χ4n) is 1.19. The third kappa shape index (κ3) is 4.03. The minimum absolute atomic E-state index is 0.625. The van der Waals surface area contributed by atoms with Gasteiger partial charge in [-0.1, -0.05) is 29.8 Å². The Hall–Kier alpha value is -0.670. The van der Waals surface area contributed by atoms with Crippen molar-refractivity contribution in [2.75, 3.05) is 12.3 Å². The average molecular weight is 211 g/mol. The van der Waals surface area contributed by atoms with Gasteiger partial charge < -0.3 is 5.73 Å². The van der Waals surface area contributed by atoms with Gasteiger partial charge in [0.1, 0.15) is 0 Å². The van der Waals surface area contributed by atoms with Gasteiger partial charge in [-0.3, -0.25) is 4.21 Å². The van der Waals surface area contributed by atoms with E-state index in [0.29, 0.717) is 18.1 Å². The van der Waals surface area contributed by atoms with Gasteiger partial charge >= 0.3 is 0 Å². The molecule has 1 unspecified atom stereocenters. The summed E-state index contributed by atoms with van der Waals surface area (Å²) < 4.78 is 11.5. The SMILES string of the molecule is Cc1ccc(CS(=O)CCCN)cc1. The molecular formula is C11H17NOS. The van der Waals surface area contributed by atoms with Crippen LogP contribution in [0.3, 0.4) is 0 Å². The summed E-state index contributed by atoms with van der Waals surface area (Å²) in [5, 5.41) is 0. The van der Waals surface area contributed by atoms with Crippen LogP contribution in [-0.4, -0.2) is 16.5 Å². The molecule has 2 nitrogen and oxygen atoms in total. The van der Waals surface area contributed by atoms with Gasteiger partial charge in [0.15, 0.2) is 0 Å². The number of hydrogen-bond acceptors (Lipinski definition) is 2. The Balaban J connectivity index is 2.44. The molecule has 14 heavy (non-hydrogen) atoms. The van der Waals surface area contributed by atoms with E-state index in [1.54, 1.807) is 0 Å². The molecule has 0 spiro atoms. The molecule has 0 aliphatic rings. The Kier molecular flexibility index (Phi) is 4.84. The van der Waals surface area contributed by atoms with Crippen LogP contribution in [0.2, 0.25) is 0 Å². The zero-order chi connectivity index (χ0) is 10.4. The van der Waals surface area contributed by atoms with Gasteiger partial charge in [-0.15, -0.1) is 0 Å². The molecule has 0 heterocycles. The first-order chi connectivity index (χ1) is 6.72. The van der Waals surface area contributed by atoms with Crippen molar-refractivity contribution in [2.45, 2.75) is 19.1 Å². The van der Waals surface area contributed by atoms with Crippen LogP contribution in [0.1, 0.15) is 17.5 Å². The maximum Gasteiger partial charge on any atom is 0.0485 e. The second kappa shape index (κ2) is 5.94. The summed E-state index contributed by atoms with van der Waals surface area (Å²) in [7, 11) is -0.757. The fraction of sp³-hybridized carbons (Fsp3) is 0.455. The first-order valence-corrected chi connectivity index (χ1v) is 6.32. The standard InChI is InChI=1S/C11H17NOS/c1-10-3-5-11(6-4-10)9-14(13)8-2-7-12/h3-6H,2,7-9,12H2,1H3. The van der Waals surface area contributed by atoms with Crippen molar-refractivity contribution in [2.24, 2.45) is 5.73 Å². The second-order valence-corrected chi connectivity index (χ2v) is 4.99. The minimum atomic E-state index is -0.757. The minimum Gasteiger partial charge on any atom is -0.330 e. The zero-order valence-corrected chi connectivity index (χ0v) is 9.35. The molecule has 0 aliphatic heterocycles. The van der Waals surface area contributed by atoms with Gasteiger partial charge in [-0.25, -0.2) is 0 Å². The number of benzene rings is 1. The van der Waals surface area contributed by atoms with Crippen LogP contribution in [0.4, 0.5) is 0 Å². The van der Waals surface area contributed by atoms with E-state index in [9.17, 15) is 4.21 Å². The lowest BCUT2D eigenvalue weighted by Gasteiger charge is -2.02. The second-order valence-electron chi connectivity index (χ2n) is 3.42. The summed E-state index contributed by atoms with van der Waals surface area (Å²) in [5.74, 6) is 1.37. The van der Waals surface area contributed by atoms with Crippen LogP contribution in [-0.2, 0) is 16.6 Å². The topological polar surface area (TPSA) is 43.1 Å². The molecule has 0 aliphatic carbocycles. The first-order valence-electron chi connectivity index (χ1n) is 4.83. The highest BCUT2D eigenvalue weighted by molar-refractivity contribution is 7.84. The molecule has 1 aromatic carbocycles. The van der Waals surface area contributed by atoms with Gasteiger partial charge in [-0.2, -0.15) is 0 Å². The highest BCUT2D eigenvalue weighted by Crippen LogP contribution is 2.06. The Morgan fingerprint density at radius 3 is 2.50 bits per heavy atom. The Morgan fingerprint density at radius 2 is 1.93 bits per heavy atom. The molecular weight excluding hydrogens is 194 g/mol. The van der Waals surface area contributed by atoms with Crippen molar-refractivity contribution >= 4 is 10.8 Å². The van der Waals surface area contributed by atoms with Crippen molar-refractivity contribution < 1.29 is 4.21 Å². The predicted octanol–water partition coefficient (Wildman–Crippen LogP) is 1.59. The van der Waals surface area contributed by atoms with Crippen molar-refractivity contribution in [1.29, 1.82) is 0 Å². The van der Waals surface area contributed by atoms with E-state index in [-0.39, 0.29) is 0 Å². The number of aryl methyl sites for hydroxylation is 1. The normalized spacial score (nSPS) is 12.7. The van der Waals surface area contributed by atoms with Gasteiger partial charge in [0, 0.05) is 22.3 Å². The molecule has 0 fully saturated rings. The summed E-state index contributed by atoms with van der Waals surface area (Å²) in [6, 6.07) is 8.18. The molecule has 0 amide bonds. The van der Waals surface area contributed by atoms with E-state index in [4.69, 9.17) is 5.73 Å². The molecule has 1 aromatic rings. The third-order valence-corrected chi connectivity index (χ3v) is 3.42. The van der Waals surface area contributed by atoms with E-state index in [1.807, 2.05) is 12.1 Å². The van der Waals surface area contributed by atoms with Crippen LogP contribution in [0.25, 0.3) is 0 Å². The predicted molar refractivity (Wildman–Crippen MR) is 61.6 cm³/mol. The molecule has 0 saturated heterocycles. The molecule has 1 atom stereocenters. The van der Waals surface area contributed by atoms with Gasteiger partial charge in [0.25, 0.3) is 0 Å². The number of hydrogen-bond donors (Lipinski definition) is 1. The molecule has 0 bridgehead atoms. The van der Waals surface area contributed by atoms with Crippen LogP contribution >= 0.6 is 0 Å². The summed E-state index contributed by atoms with van der Waals surface area (Å²) in [5.41, 5.74) is 7.74. The van der Waals surface area contributed by atoms with Crippen LogP contribution in [0.5, 0.6) is 0 Å². The quantitative estimate of drug-likeness (QED) is 0.803. The van der Waals surface area contributed by atoms with Crippen molar-refractivity contribution in [3.8, 4) is 0 Å². The van der Waals surface area contributed by atoms with Crippen molar-refractivity contribution in [1.82, 2.24) is 0 Å². The molecule has 0 saturated carbocycles. The summed E-state index contributed by atoms with van der Waals surface area (Å²) in [6.45, 7) is 2.68. The van der Waals surface area contributed by atoms with Crippen LogP contribution in [0.15, 0.2) is 24.3 Å². The highest BCUT2D eigenvalue weighted by atomic mass is 32.2. The number of rotatable bonds is 5. The maximum absolute atomic E-state index is 11.5. The monoisotopic (exact) mass is 211 g/mol. The number of nitrogens with two attached hydrogens (primary N) is 1. The van der Waals surface area contributed by atoms with E-state index < -0.39 is 10.8 Å². The highest BCUT2D eigenvalue weighted by Gasteiger charge is 2.00. The van der Waals surface area contributed by atoms with Gasteiger partial charge in [-0.05, 0) is 25.5 Å². The van der Waals surface area contributed by atoms with E-state index in [0.717, 1.165) is 12.0 Å². The molecule has 0 radical (unpaired) electrons. The summed E-state index contributed by atoms with van der Waals surface area (Å²) >= 11 is 0. The summed E-state index contributed by atoms with van der Waals surface area (Å²) in [6.07, 6.45) is 0.846. The fourth-order valence-corrected chi connectivity index (χ4v) is 2.38. The molecule has 3 heteroatoms. The lowest BCUT2D eigenvalue weighted by Crippen LogP contribution is -2.07. The zero-order valence-electron chi connectivity index (χ0n) is 8.53. The lowest BCUT2D eigenvalue weighted by atomic mass is 10.2. The maximum atomic E-state index is 11.5. The molecule has 1 rings (SSSR count). The molecule has 2 N–H and O–H groups in total. The lowest BCUT2D eigenvalue weighted by molar-refractivity contribution is 0.680. The van der Waals surface area contributed by atoms with E-state index in [2.05, 4.69) is 19.1 Å². The smallest absolute Gasteiger partial charge is 0.0485 e. The van der Waals surface area contributed by atoms with Crippen molar-refractivity contribution in [3.05, 3.63) is 35.4 Å². The van der Waals surface area contributed by atoms with Gasteiger partial charge in [0.05, 0.1) is 0 Å².